The lowest BCUT2D eigenvalue weighted by molar-refractivity contribution is -0.156. The second-order valence-electron chi connectivity index (χ2n) is 8.61. The van der Waals surface area contributed by atoms with E-state index in [0.29, 0.717) is 29.4 Å². The Morgan fingerprint density at radius 2 is 1.87 bits per heavy atom. The summed E-state index contributed by atoms with van der Waals surface area (Å²) in [5, 5.41) is 0.887. The van der Waals surface area contributed by atoms with Gasteiger partial charge in [0, 0.05) is 36.5 Å². The summed E-state index contributed by atoms with van der Waals surface area (Å²) in [7, 11) is -1.35. The van der Waals surface area contributed by atoms with Crippen molar-refractivity contribution in [3.8, 4) is 17.2 Å². The summed E-state index contributed by atoms with van der Waals surface area (Å²) in [5.41, 5.74) is 7.01. The monoisotopic (exact) mass is 551 g/mol. The van der Waals surface area contributed by atoms with Gasteiger partial charge in [0.15, 0.2) is 11.3 Å². The third-order valence-electron chi connectivity index (χ3n) is 5.70. The van der Waals surface area contributed by atoms with Crippen LogP contribution in [0, 0.1) is 6.92 Å². The minimum absolute atomic E-state index is 0.0194. The van der Waals surface area contributed by atoms with Gasteiger partial charge in [0.2, 0.25) is 5.91 Å². The first-order chi connectivity index (χ1) is 18.0. The van der Waals surface area contributed by atoms with Gasteiger partial charge in [-0.1, -0.05) is 18.2 Å². The van der Waals surface area contributed by atoms with Gasteiger partial charge < -0.3 is 34.1 Å². The summed E-state index contributed by atoms with van der Waals surface area (Å²) >= 11 is 0. The van der Waals surface area contributed by atoms with E-state index in [9.17, 15) is 9.36 Å². The van der Waals surface area contributed by atoms with Crippen LogP contribution in [0.4, 0.5) is 0 Å². The summed E-state index contributed by atoms with van der Waals surface area (Å²) in [6, 6.07) is 13.0. The van der Waals surface area contributed by atoms with E-state index in [0.717, 1.165) is 21.6 Å². The molecular weight excluding hydrogens is 517 g/mol. The van der Waals surface area contributed by atoms with Crippen LogP contribution in [-0.4, -0.2) is 65.9 Å². The maximum absolute atomic E-state index is 12.4. The highest BCUT2D eigenvalue weighted by Crippen LogP contribution is 2.37. The molecule has 0 aliphatic heterocycles. The lowest BCUT2D eigenvalue weighted by Crippen LogP contribution is -2.43. The van der Waals surface area contributed by atoms with E-state index in [1.807, 2.05) is 55.3 Å². The van der Waals surface area contributed by atoms with E-state index >= 15 is 0 Å². The Hall–Kier alpha value is -2.96. The normalized spacial score (nSPS) is 12.6. The van der Waals surface area contributed by atoms with Crippen LogP contribution in [0.25, 0.3) is 11.0 Å². The third kappa shape index (κ3) is 8.02. The molecule has 2 aromatic carbocycles. The number of phosphoric acid groups is 1. The molecule has 208 valence electrons. The van der Waals surface area contributed by atoms with Crippen molar-refractivity contribution in [1.29, 1.82) is 0 Å². The Kier molecular flexibility index (Phi) is 10.3. The molecule has 12 nitrogen and oxygen atoms in total. The van der Waals surface area contributed by atoms with Crippen molar-refractivity contribution in [1.82, 2.24) is 9.80 Å². The van der Waals surface area contributed by atoms with Crippen LogP contribution >= 0.6 is 7.82 Å². The first-order valence-corrected chi connectivity index (χ1v) is 13.4. The van der Waals surface area contributed by atoms with Gasteiger partial charge in [-0.15, -0.1) is 0 Å². The number of hydrogen-bond donors (Lipinski definition) is 3. The first-order valence-electron chi connectivity index (χ1n) is 11.8. The van der Waals surface area contributed by atoms with E-state index in [-0.39, 0.29) is 19.7 Å². The number of nitrogens with two attached hydrogens (primary N) is 1. The highest BCUT2D eigenvalue weighted by Gasteiger charge is 2.25. The predicted molar refractivity (Wildman–Crippen MR) is 139 cm³/mol. The average Bonchev–Trinajstić information content (AvgIpc) is 3.18. The first kappa shape index (κ1) is 29.6. The van der Waals surface area contributed by atoms with Gasteiger partial charge in [-0.3, -0.25) is 19.1 Å². The number of phosphoric ester groups is 1. The average molecular weight is 552 g/mol. The van der Waals surface area contributed by atoms with E-state index in [2.05, 4.69) is 4.52 Å². The maximum atomic E-state index is 12.4. The summed E-state index contributed by atoms with van der Waals surface area (Å²) in [4.78, 5) is 33.4. The number of carbonyl (C=O) groups excluding carboxylic acids is 1. The molecule has 38 heavy (non-hydrogen) atoms. The SMILES string of the molecule is COc1cccc(Oc2cccc3c(CN(C)COC(C)N(COP(=O)(O)O)C(=O)CCN)c(C)oc23)c1. The molecule has 0 fully saturated rings. The molecule has 3 aromatic rings. The van der Waals surface area contributed by atoms with Crippen LogP contribution in [0.3, 0.4) is 0 Å². The van der Waals surface area contributed by atoms with E-state index in [4.69, 9.17) is 34.1 Å². The van der Waals surface area contributed by atoms with Gasteiger partial charge in [-0.2, -0.15) is 0 Å². The molecular formula is C25H34N3O9P. The Labute approximate surface area is 221 Å². The zero-order chi connectivity index (χ0) is 27.9. The molecule has 0 saturated heterocycles. The number of amides is 1. The lowest BCUT2D eigenvalue weighted by atomic mass is 10.1. The molecule has 4 N–H and O–H groups in total. The summed E-state index contributed by atoms with van der Waals surface area (Å²) in [5.74, 6) is 2.13. The Morgan fingerprint density at radius 1 is 1.16 bits per heavy atom. The highest BCUT2D eigenvalue weighted by molar-refractivity contribution is 7.46. The fourth-order valence-corrected chi connectivity index (χ4v) is 4.03. The summed E-state index contributed by atoms with van der Waals surface area (Å²) in [6.45, 7) is 3.48. The number of carbonyl (C=O) groups is 1. The quantitative estimate of drug-likeness (QED) is 0.199. The summed E-state index contributed by atoms with van der Waals surface area (Å²) in [6.07, 6.45) is -0.845. The number of benzene rings is 2. The van der Waals surface area contributed by atoms with Crippen LogP contribution < -0.4 is 15.2 Å². The molecule has 3 rings (SSSR count). The van der Waals surface area contributed by atoms with Gasteiger partial charge in [-0.05, 0) is 39.1 Å². The number of methoxy groups -OCH3 is 1. The number of para-hydroxylation sites is 1. The van der Waals surface area contributed by atoms with Crippen molar-refractivity contribution >= 4 is 24.7 Å². The van der Waals surface area contributed by atoms with Crippen molar-refractivity contribution in [2.45, 2.75) is 33.0 Å². The number of fused-ring (bicyclic) bond motifs is 1. The third-order valence-corrected chi connectivity index (χ3v) is 6.15. The molecule has 1 aromatic heterocycles. The lowest BCUT2D eigenvalue weighted by Gasteiger charge is -2.30. The molecule has 1 unspecified atom stereocenters. The number of hydrogen-bond acceptors (Lipinski definition) is 9. The summed E-state index contributed by atoms with van der Waals surface area (Å²) < 4.78 is 38.8. The van der Waals surface area contributed by atoms with Crippen molar-refractivity contribution in [3.05, 3.63) is 53.8 Å². The standard InChI is InChI=1S/C25H34N3O9P/c1-17-22(14-27(3)15-34-18(2)28(24(29)11-12-26)16-35-38(30,31)32)21-9-6-10-23(25(21)36-17)37-20-8-5-7-19(13-20)33-4/h5-10,13,18H,11-12,14-16,26H2,1-4H3,(H2,30,31,32). The van der Waals surface area contributed by atoms with Crippen LogP contribution in [0.1, 0.15) is 24.7 Å². The largest absolute Gasteiger partial charge is 0.497 e. The molecule has 0 saturated carbocycles. The highest BCUT2D eigenvalue weighted by atomic mass is 31.2. The molecule has 0 bridgehead atoms. The van der Waals surface area contributed by atoms with Crippen LogP contribution in [0.15, 0.2) is 46.9 Å². The number of ether oxygens (including phenoxy) is 3. The molecule has 0 radical (unpaired) electrons. The van der Waals surface area contributed by atoms with Crippen LogP contribution in [0.5, 0.6) is 17.2 Å². The van der Waals surface area contributed by atoms with Gasteiger partial charge in [0.1, 0.15) is 36.9 Å². The molecule has 1 atom stereocenters. The van der Waals surface area contributed by atoms with E-state index < -0.39 is 26.7 Å². The fourth-order valence-electron chi connectivity index (χ4n) is 3.76. The zero-order valence-electron chi connectivity index (χ0n) is 21.8. The maximum Gasteiger partial charge on any atom is 0.471 e. The second kappa shape index (κ2) is 13.2. The Bertz CT molecular complexity index is 1280. The number of aryl methyl sites for hydroxylation is 1. The number of nitrogens with zero attached hydrogens (tertiary/aromatic N) is 2. The van der Waals surface area contributed by atoms with Crippen molar-refractivity contribution < 1.29 is 42.3 Å². The minimum atomic E-state index is -4.77. The topological polar surface area (TPSA) is 157 Å². The number of rotatable bonds is 14. The second-order valence-corrected chi connectivity index (χ2v) is 9.85. The van der Waals surface area contributed by atoms with Gasteiger partial charge in [0.25, 0.3) is 0 Å². The fraction of sp³-hybridized carbons (Fsp3) is 0.400. The molecule has 1 amide bonds. The zero-order valence-corrected chi connectivity index (χ0v) is 22.7. The van der Waals surface area contributed by atoms with Crippen molar-refractivity contribution in [2.75, 3.05) is 34.2 Å². The molecule has 13 heteroatoms. The Morgan fingerprint density at radius 3 is 2.55 bits per heavy atom. The van der Waals surface area contributed by atoms with E-state index in [1.165, 1.54) is 0 Å². The van der Waals surface area contributed by atoms with Gasteiger partial charge in [-0.25, -0.2) is 4.57 Å². The molecule has 1 heterocycles. The predicted octanol–water partition coefficient (Wildman–Crippen LogP) is 3.54. The molecule has 0 aliphatic carbocycles. The van der Waals surface area contributed by atoms with Crippen molar-refractivity contribution in [3.63, 3.8) is 0 Å². The van der Waals surface area contributed by atoms with Crippen molar-refractivity contribution in [2.24, 2.45) is 5.73 Å². The van der Waals surface area contributed by atoms with Gasteiger partial charge >= 0.3 is 7.82 Å². The molecule has 0 aliphatic rings. The number of furan rings is 1. The van der Waals surface area contributed by atoms with Crippen LogP contribution in [-0.2, 0) is 25.2 Å². The van der Waals surface area contributed by atoms with Crippen LogP contribution in [0.2, 0.25) is 0 Å². The molecule has 0 spiro atoms. The van der Waals surface area contributed by atoms with E-state index in [1.54, 1.807) is 20.1 Å². The minimum Gasteiger partial charge on any atom is -0.497 e. The smallest absolute Gasteiger partial charge is 0.471 e. The Balaban J connectivity index is 1.69. The van der Waals surface area contributed by atoms with Gasteiger partial charge in [0.05, 0.1) is 7.11 Å².